The van der Waals surface area contributed by atoms with Crippen LogP contribution in [-0.4, -0.2) is 52.0 Å². The quantitative estimate of drug-likeness (QED) is 0.291. The monoisotopic (exact) mass is 456 g/mol. The summed E-state index contributed by atoms with van der Waals surface area (Å²) in [6.07, 6.45) is 0.187. The fourth-order valence-electron chi connectivity index (χ4n) is 3.06. The third-order valence-electron chi connectivity index (χ3n) is 4.86. The van der Waals surface area contributed by atoms with Crippen LogP contribution in [-0.2, 0) is 32.0 Å². The molecule has 2 rings (SSSR count). The van der Waals surface area contributed by atoms with Crippen molar-refractivity contribution in [1.29, 1.82) is 0 Å². The number of rotatable bonds is 10. The van der Waals surface area contributed by atoms with Crippen molar-refractivity contribution in [3.05, 3.63) is 59.7 Å². The number of primary amides is 1. The van der Waals surface area contributed by atoms with Gasteiger partial charge in [-0.05, 0) is 42.3 Å². The highest BCUT2D eigenvalue weighted by molar-refractivity contribution is 5.94. The maximum atomic E-state index is 13.0. The summed E-state index contributed by atoms with van der Waals surface area (Å²) in [6, 6.07) is 9.22. The zero-order valence-corrected chi connectivity index (χ0v) is 18.4. The molecule has 0 saturated heterocycles. The Morgan fingerprint density at radius 3 is 1.55 bits per heavy atom. The zero-order valence-electron chi connectivity index (χ0n) is 18.4. The molecule has 0 spiro atoms. The van der Waals surface area contributed by atoms with Gasteiger partial charge >= 0.3 is 0 Å². The lowest BCUT2D eigenvalue weighted by Gasteiger charge is -2.24. The Bertz CT molecular complexity index is 991. The molecule has 0 aliphatic carbocycles. The van der Waals surface area contributed by atoms with Crippen LogP contribution in [0.5, 0.6) is 11.5 Å². The van der Waals surface area contributed by atoms with Gasteiger partial charge in [0.25, 0.3) is 0 Å². The van der Waals surface area contributed by atoms with Crippen molar-refractivity contribution in [1.82, 2.24) is 16.0 Å². The van der Waals surface area contributed by atoms with Crippen molar-refractivity contribution in [2.45, 2.75) is 44.8 Å². The summed E-state index contributed by atoms with van der Waals surface area (Å²) in [6.45, 7) is 2.69. The second-order valence-corrected chi connectivity index (χ2v) is 7.69. The molecule has 2 aromatic rings. The third-order valence-corrected chi connectivity index (χ3v) is 4.86. The number of nitrogens with one attached hydrogen (secondary N) is 3. The second kappa shape index (κ2) is 11.5. The molecule has 2 aromatic carbocycles. The number of benzene rings is 2. The predicted molar refractivity (Wildman–Crippen MR) is 120 cm³/mol. The van der Waals surface area contributed by atoms with E-state index >= 15 is 0 Å². The van der Waals surface area contributed by atoms with Gasteiger partial charge in [0, 0.05) is 19.8 Å². The highest BCUT2D eigenvalue weighted by atomic mass is 16.3. The molecule has 3 atom stereocenters. The Labute approximate surface area is 191 Å². The minimum absolute atomic E-state index is 0.0470. The average molecular weight is 456 g/mol. The van der Waals surface area contributed by atoms with Gasteiger partial charge in [0.2, 0.25) is 23.6 Å². The second-order valence-electron chi connectivity index (χ2n) is 7.69. The summed E-state index contributed by atoms with van der Waals surface area (Å²) in [5, 5.41) is 26.6. The van der Waals surface area contributed by atoms with Crippen molar-refractivity contribution in [2.24, 2.45) is 5.73 Å². The molecule has 33 heavy (non-hydrogen) atoms. The Morgan fingerprint density at radius 2 is 1.15 bits per heavy atom. The largest absolute Gasteiger partial charge is 0.508 e. The lowest BCUT2D eigenvalue weighted by Crippen LogP contribution is -2.56. The molecule has 10 heteroatoms. The first kappa shape index (κ1) is 25.2. The van der Waals surface area contributed by atoms with Gasteiger partial charge < -0.3 is 31.9 Å². The van der Waals surface area contributed by atoms with Crippen molar-refractivity contribution < 1.29 is 29.4 Å². The van der Waals surface area contributed by atoms with E-state index in [2.05, 4.69) is 16.0 Å². The molecule has 0 saturated carbocycles. The van der Waals surface area contributed by atoms with Crippen molar-refractivity contribution in [2.75, 3.05) is 0 Å². The number of aromatic hydroxyl groups is 2. The van der Waals surface area contributed by atoms with Gasteiger partial charge in [0.05, 0.1) is 0 Å². The number of phenols is 2. The number of carbonyl (C=O) groups is 4. The molecule has 10 nitrogen and oxygen atoms in total. The first-order chi connectivity index (χ1) is 15.5. The molecule has 0 aromatic heterocycles. The summed E-state index contributed by atoms with van der Waals surface area (Å²) in [4.78, 5) is 48.9. The van der Waals surface area contributed by atoms with E-state index < -0.39 is 41.8 Å². The maximum absolute atomic E-state index is 13.0. The van der Waals surface area contributed by atoms with E-state index in [4.69, 9.17) is 5.73 Å². The van der Waals surface area contributed by atoms with Crippen LogP contribution in [0.3, 0.4) is 0 Å². The summed E-state index contributed by atoms with van der Waals surface area (Å²) in [5.74, 6) is -2.30. The van der Waals surface area contributed by atoms with Gasteiger partial charge in [-0.15, -0.1) is 0 Å². The molecule has 0 aliphatic heterocycles. The first-order valence-electron chi connectivity index (χ1n) is 10.3. The van der Waals surface area contributed by atoms with E-state index in [0.717, 1.165) is 0 Å². The minimum atomic E-state index is -1.08. The minimum Gasteiger partial charge on any atom is -0.508 e. The van der Waals surface area contributed by atoms with Crippen LogP contribution in [0.25, 0.3) is 0 Å². The molecule has 7 N–H and O–H groups in total. The van der Waals surface area contributed by atoms with Gasteiger partial charge in [0.1, 0.15) is 29.6 Å². The molecule has 0 fully saturated rings. The molecule has 0 heterocycles. The molecular formula is C23H28N4O6. The van der Waals surface area contributed by atoms with Crippen LogP contribution >= 0.6 is 0 Å². The van der Waals surface area contributed by atoms with Gasteiger partial charge in [-0.1, -0.05) is 24.3 Å². The smallest absolute Gasteiger partial charge is 0.243 e. The Balaban J connectivity index is 2.23. The molecule has 0 radical (unpaired) electrons. The van der Waals surface area contributed by atoms with Crippen LogP contribution in [0.4, 0.5) is 0 Å². The summed E-state index contributed by atoms with van der Waals surface area (Å²) < 4.78 is 0. The topological polar surface area (TPSA) is 171 Å². The predicted octanol–water partition coefficient (Wildman–Crippen LogP) is -0.137. The summed E-state index contributed by atoms with van der Waals surface area (Å²) >= 11 is 0. The van der Waals surface area contributed by atoms with Gasteiger partial charge in [-0.3, -0.25) is 19.2 Å². The SMILES string of the molecule is CC(=O)N[C@@H](Cc1ccc(O)cc1)C(=O)N[C@@H](Cc1ccc(O)cc1)C(=O)N[C@@H](C)C(N)=O. The molecule has 4 amide bonds. The summed E-state index contributed by atoms with van der Waals surface area (Å²) in [7, 11) is 0. The number of hydrogen-bond acceptors (Lipinski definition) is 6. The summed E-state index contributed by atoms with van der Waals surface area (Å²) in [5.41, 5.74) is 6.55. The number of hydrogen-bond donors (Lipinski definition) is 6. The van der Waals surface area contributed by atoms with Gasteiger partial charge in [0.15, 0.2) is 0 Å². The fraction of sp³-hybridized carbons (Fsp3) is 0.304. The average Bonchev–Trinajstić information content (AvgIpc) is 2.75. The van der Waals surface area contributed by atoms with Crippen molar-refractivity contribution in [3.8, 4) is 11.5 Å². The van der Waals surface area contributed by atoms with E-state index in [1.54, 1.807) is 24.3 Å². The van der Waals surface area contributed by atoms with Crippen molar-refractivity contribution in [3.63, 3.8) is 0 Å². The molecule has 0 aliphatic rings. The highest BCUT2D eigenvalue weighted by Gasteiger charge is 2.28. The Morgan fingerprint density at radius 1 is 0.758 bits per heavy atom. The van der Waals surface area contributed by atoms with Crippen LogP contribution in [0, 0.1) is 0 Å². The highest BCUT2D eigenvalue weighted by Crippen LogP contribution is 2.13. The van der Waals surface area contributed by atoms with Crippen molar-refractivity contribution >= 4 is 23.6 Å². The fourth-order valence-corrected chi connectivity index (χ4v) is 3.06. The van der Waals surface area contributed by atoms with Crippen LogP contribution in [0.2, 0.25) is 0 Å². The van der Waals surface area contributed by atoms with E-state index in [1.807, 2.05) is 0 Å². The number of carbonyl (C=O) groups excluding carboxylic acids is 4. The van der Waals surface area contributed by atoms with E-state index in [-0.39, 0.29) is 24.3 Å². The van der Waals surface area contributed by atoms with E-state index in [9.17, 15) is 29.4 Å². The molecular weight excluding hydrogens is 428 g/mol. The lowest BCUT2D eigenvalue weighted by molar-refractivity contribution is -0.132. The first-order valence-corrected chi connectivity index (χ1v) is 10.3. The zero-order chi connectivity index (χ0) is 24.5. The standard InChI is InChI=1S/C23H28N4O6/c1-13(21(24)31)25-22(32)20(12-16-5-9-18(30)10-6-16)27-23(33)19(26-14(2)28)11-15-3-7-17(29)8-4-15/h3-10,13,19-20,29-30H,11-12H2,1-2H3,(H2,24,31)(H,25,32)(H,26,28)(H,27,33)/t13-,19-,20-/m0/s1. The Kier molecular flexibility index (Phi) is 8.79. The molecule has 0 bridgehead atoms. The van der Waals surface area contributed by atoms with E-state index in [0.29, 0.717) is 11.1 Å². The maximum Gasteiger partial charge on any atom is 0.243 e. The van der Waals surface area contributed by atoms with Crippen LogP contribution in [0.15, 0.2) is 48.5 Å². The Hall–Kier alpha value is -4.08. The number of phenolic OH excluding ortho intramolecular Hbond substituents is 2. The van der Waals surface area contributed by atoms with Gasteiger partial charge in [-0.25, -0.2) is 0 Å². The molecule has 176 valence electrons. The third kappa shape index (κ3) is 8.17. The normalized spacial score (nSPS) is 13.3. The van der Waals surface area contributed by atoms with Crippen LogP contribution in [0.1, 0.15) is 25.0 Å². The van der Waals surface area contributed by atoms with Crippen LogP contribution < -0.4 is 21.7 Å². The number of nitrogens with two attached hydrogens (primary N) is 1. The lowest BCUT2D eigenvalue weighted by atomic mass is 10.0. The van der Waals surface area contributed by atoms with Gasteiger partial charge in [-0.2, -0.15) is 0 Å². The van der Waals surface area contributed by atoms with E-state index in [1.165, 1.54) is 38.1 Å². The molecule has 0 unspecified atom stereocenters. The number of amides is 4.